The van der Waals surface area contributed by atoms with Crippen LogP contribution in [0.1, 0.15) is 5.56 Å². The molecule has 0 fully saturated rings. The number of imidazole rings is 1. The fraction of sp³-hybridized carbons (Fsp3) is 0.250. The molecule has 0 spiro atoms. The normalized spacial score (nSPS) is 10.9. The molecule has 1 aromatic heterocycles. The first-order chi connectivity index (χ1) is 8.61. The summed E-state index contributed by atoms with van der Waals surface area (Å²) in [5, 5.41) is 0.541. The lowest BCUT2D eigenvalue weighted by molar-refractivity contribution is 0.536. The van der Waals surface area contributed by atoms with Crippen molar-refractivity contribution in [3.8, 4) is 0 Å². The highest BCUT2D eigenvalue weighted by atomic mass is 32.2. The highest BCUT2D eigenvalue weighted by Gasteiger charge is 2.14. The SMILES string of the molecule is Cn1ccnc1Sc1c(F)cc(CCN)cc1F. The number of rotatable bonds is 4. The first-order valence-corrected chi connectivity index (χ1v) is 6.26. The standard InChI is InChI=1S/C12H13F2N3S/c1-17-5-4-16-12(17)18-11-9(13)6-8(2-3-15)7-10(11)14/h4-7H,2-3,15H2,1H3. The highest BCUT2D eigenvalue weighted by Crippen LogP contribution is 2.31. The molecule has 3 nitrogen and oxygen atoms in total. The van der Waals surface area contributed by atoms with Crippen LogP contribution < -0.4 is 5.73 Å². The van der Waals surface area contributed by atoms with Gasteiger partial charge in [0.2, 0.25) is 0 Å². The summed E-state index contributed by atoms with van der Waals surface area (Å²) in [4.78, 5) is 3.99. The topological polar surface area (TPSA) is 43.8 Å². The van der Waals surface area contributed by atoms with Gasteiger partial charge >= 0.3 is 0 Å². The van der Waals surface area contributed by atoms with Crippen LogP contribution in [0, 0.1) is 11.6 Å². The number of aryl methyl sites for hydroxylation is 1. The van der Waals surface area contributed by atoms with Crippen molar-refractivity contribution in [2.24, 2.45) is 12.8 Å². The van der Waals surface area contributed by atoms with Gasteiger partial charge in [-0.15, -0.1) is 0 Å². The molecular weight excluding hydrogens is 256 g/mol. The molecule has 0 amide bonds. The lowest BCUT2D eigenvalue weighted by atomic mass is 10.1. The molecule has 0 aliphatic heterocycles. The van der Waals surface area contributed by atoms with Crippen LogP contribution in [0.25, 0.3) is 0 Å². The maximum Gasteiger partial charge on any atom is 0.172 e. The van der Waals surface area contributed by atoms with Crippen molar-refractivity contribution in [3.05, 3.63) is 41.7 Å². The zero-order chi connectivity index (χ0) is 13.1. The Labute approximate surface area is 108 Å². The van der Waals surface area contributed by atoms with Gasteiger partial charge in [-0.1, -0.05) is 0 Å². The zero-order valence-corrected chi connectivity index (χ0v) is 10.7. The Morgan fingerprint density at radius 2 is 2.00 bits per heavy atom. The third kappa shape index (κ3) is 2.70. The van der Waals surface area contributed by atoms with Gasteiger partial charge in [0.05, 0.1) is 4.90 Å². The number of hydrogen-bond donors (Lipinski definition) is 1. The molecular formula is C12H13F2N3S. The van der Waals surface area contributed by atoms with Gasteiger partial charge in [-0.2, -0.15) is 0 Å². The maximum absolute atomic E-state index is 13.8. The Kier molecular flexibility index (Phi) is 3.98. The summed E-state index contributed by atoms with van der Waals surface area (Å²) in [6.45, 7) is 0.366. The molecule has 6 heteroatoms. The summed E-state index contributed by atoms with van der Waals surface area (Å²) in [5.41, 5.74) is 5.93. The molecule has 0 atom stereocenters. The average Bonchev–Trinajstić information content (AvgIpc) is 2.70. The number of hydrogen-bond acceptors (Lipinski definition) is 3. The van der Waals surface area contributed by atoms with Crippen LogP contribution in [0.5, 0.6) is 0 Å². The number of aromatic nitrogens is 2. The Morgan fingerprint density at radius 1 is 1.33 bits per heavy atom. The summed E-state index contributed by atoms with van der Waals surface area (Å²) in [6, 6.07) is 2.64. The van der Waals surface area contributed by atoms with Gasteiger partial charge in [-0.05, 0) is 42.4 Å². The van der Waals surface area contributed by atoms with Gasteiger partial charge < -0.3 is 10.3 Å². The molecule has 0 bridgehead atoms. The molecule has 96 valence electrons. The fourth-order valence-electron chi connectivity index (χ4n) is 1.56. The molecule has 2 N–H and O–H groups in total. The van der Waals surface area contributed by atoms with Crippen LogP contribution in [0.3, 0.4) is 0 Å². The molecule has 0 saturated carbocycles. The minimum absolute atomic E-state index is 0.0370. The maximum atomic E-state index is 13.8. The van der Waals surface area contributed by atoms with Crippen LogP contribution in [-0.4, -0.2) is 16.1 Å². The molecule has 1 heterocycles. The van der Waals surface area contributed by atoms with Gasteiger partial charge in [0.1, 0.15) is 11.6 Å². The third-order valence-corrected chi connectivity index (χ3v) is 3.63. The predicted octanol–water partition coefficient (Wildman–Crippen LogP) is 2.35. The van der Waals surface area contributed by atoms with E-state index in [1.165, 1.54) is 12.1 Å². The molecule has 18 heavy (non-hydrogen) atoms. The largest absolute Gasteiger partial charge is 0.330 e. The van der Waals surface area contributed by atoms with Crippen molar-refractivity contribution < 1.29 is 8.78 Å². The number of nitrogens with zero attached hydrogens (tertiary/aromatic N) is 2. The van der Waals surface area contributed by atoms with Gasteiger partial charge in [0.25, 0.3) is 0 Å². The second kappa shape index (κ2) is 5.49. The van der Waals surface area contributed by atoms with Gasteiger partial charge in [0, 0.05) is 19.4 Å². The fourth-order valence-corrected chi connectivity index (χ4v) is 2.38. The van der Waals surface area contributed by atoms with Crippen LogP contribution in [-0.2, 0) is 13.5 Å². The zero-order valence-electron chi connectivity index (χ0n) is 9.86. The minimum Gasteiger partial charge on any atom is -0.330 e. The molecule has 0 unspecified atom stereocenters. The van der Waals surface area contributed by atoms with Crippen molar-refractivity contribution in [1.29, 1.82) is 0 Å². The molecule has 0 aliphatic rings. The number of benzene rings is 1. The Hall–Kier alpha value is -1.40. The Bertz CT molecular complexity index is 531. The Morgan fingerprint density at radius 3 is 2.50 bits per heavy atom. The second-order valence-electron chi connectivity index (χ2n) is 3.85. The van der Waals surface area contributed by atoms with E-state index < -0.39 is 11.6 Å². The quantitative estimate of drug-likeness (QED) is 0.926. The van der Waals surface area contributed by atoms with Gasteiger partial charge in [-0.3, -0.25) is 0 Å². The monoisotopic (exact) mass is 269 g/mol. The van der Waals surface area contributed by atoms with Crippen molar-refractivity contribution in [3.63, 3.8) is 0 Å². The van der Waals surface area contributed by atoms with E-state index in [0.29, 0.717) is 23.7 Å². The van der Waals surface area contributed by atoms with Crippen LogP contribution in [0.2, 0.25) is 0 Å². The van der Waals surface area contributed by atoms with E-state index >= 15 is 0 Å². The first kappa shape index (κ1) is 13.0. The summed E-state index contributed by atoms with van der Waals surface area (Å²) in [5.74, 6) is -1.15. The van der Waals surface area contributed by atoms with Crippen molar-refractivity contribution in [2.75, 3.05) is 6.54 Å². The molecule has 0 radical (unpaired) electrons. The summed E-state index contributed by atoms with van der Waals surface area (Å²) >= 11 is 0.972. The second-order valence-corrected chi connectivity index (χ2v) is 4.83. The van der Waals surface area contributed by atoms with E-state index in [1.807, 2.05) is 0 Å². The van der Waals surface area contributed by atoms with Crippen LogP contribution in [0.4, 0.5) is 8.78 Å². The predicted molar refractivity (Wildman–Crippen MR) is 66.4 cm³/mol. The van der Waals surface area contributed by atoms with Crippen molar-refractivity contribution in [2.45, 2.75) is 16.5 Å². The van der Waals surface area contributed by atoms with Crippen molar-refractivity contribution >= 4 is 11.8 Å². The smallest absolute Gasteiger partial charge is 0.172 e. The lowest BCUT2D eigenvalue weighted by Gasteiger charge is -2.07. The Balaban J connectivity index is 2.31. The van der Waals surface area contributed by atoms with Crippen LogP contribution >= 0.6 is 11.8 Å². The molecule has 2 rings (SSSR count). The first-order valence-electron chi connectivity index (χ1n) is 5.45. The summed E-state index contributed by atoms with van der Waals surface area (Å²) in [6.07, 6.45) is 3.77. The van der Waals surface area contributed by atoms with Crippen molar-refractivity contribution in [1.82, 2.24) is 9.55 Å². The lowest BCUT2D eigenvalue weighted by Crippen LogP contribution is -2.04. The van der Waals surface area contributed by atoms with E-state index in [4.69, 9.17) is 5.73 Å². The van der Waals surface area contributed by atoms with Gasteiger partial charge in [-0.25, -0.2) is 13.8 Å². The van der Waals surface area contributed by atoms with E-state index in [9.17, 15) is 8.78 Å². The van der Waals surface area contributed by atoms with E-state index in [2.05, 4.69) is 4.98 Å². The number of halogens is 2. The molecule has 2 aromatic rings. The molecule has 0 saturated heterocycles. The average molecular weight is 269 g/mol. The highest BCUT2D eigenvalue weighted by molar-refractivity contribution is 7.99. The number of nitrogens with two attached hydrogens (primary N) is 1. The van der Waals surface area contributed by atoms with E-state index in [0.717, 1.165) is 11.8 Å². The van der Waals surface area contributed by atoms with Gasteiger partial charge in [0.15, 0.2) is 5.16 Å². The molecule has 1 aromatic carbocycles. The van der Waals surface area contributed by atoms with E-state index in [1.54, 1.807) is 24.0 Å². The van der Waals surface area contributed by atoms with Crippen LogP contribution in [0.15, 0.2) is 34.6 Å². The third-order valence-electron chi connectivity index (χ3n) is 2.46. The van der Waals surface area contributed by atoms with E-state index in [-0.39, 0.29) is 4.90 Å². The summed E-state index contributed by atoms with van der Waals surface area (Å²) < 4.78 is 29.3. The minimum atomic E-state index is -0.577. The molecule has 0 aliphatic carbocycles. The summed E-state index contributed by atoms with van der Waals surface area (Å²) in [7, 11) is 1.77.